The predicted octanol–water partition coefficient (Wildman–Crippen LogP) is 3.03. The Labute approximate surface area is 122 Å². The molecule has 2 aromatic rings. The van der Waals surface area contributed by atoms with E-state index in [2.05, 4.69) is 4.98 Å². The van der Waals surface area contributed by atoms with Gasteiger partial charge in [0.05, 0.1) is 25.3 Å². The molecule has 4 nitrogen and oxygen atoms in total. The molecule has 0 aliphatic heterocycles. The Morgan fingerprint density at radius 3 is 2.70 bits per heavy atom. The average Bonchev–Trinajstić information content (AvgIpc) is 2.48. The zero-order valence-corrected chi connectivity index (χ0v) is 12.1. The number of pyridine rings is 1. The van der Waals surface area contributed by atoms with Crippen molar-refractivity contribution in [3.63, 3.8) is 0 Å². The number of ether oxygens (including phenoxy) is 2. The van der Waals surface area contributed by atoms with Gasteiger partial charge in [-0.2, -0.15) is 0 Å². The topological polar surface area (TPSA) is 51.6 Å². The van der Waals surface area contributed by atoms with Crippen molar-refractivity contribution in [2.45, 2.75) is 12.5 Å². The number of benzene rings is 1. The van der Waals surface area contributed by atoms with Gasteiger partial charge in [0.2, 0.25) is 0 Å². The van der Waals surface area contributed by atoms with E-state index in [1.54, 1.807) is 44.8 Å². The molecule has 20 heavy (non-hydrogen) atoms. The molecule has 0 bridgehead atoms. The van der Waals surface area contributed by atoms with Gasteiger partial charge in [0, 0.05) is 24.4 Å². The largest absolute Gasteiger partial charge is 0.493 e. The van der Waals surface area contributed by atoms with Gasteiger partial charge in [-0.25, -0.2) is 0 Å². The van der Waals surface area contributed by atoms with Crippen LogP contribution in [0.1, 0.15) is 17.2 Å². The Hall–Kier alpha value is -1.78. The van der Waals surface area contributed by atoms with E-state index in [1.807, 2.05) is 6.07 Å². The molecule has 0 radical (unpaired) electrons. The van der Waals surface area contributed by atoms with Crippen molar-refractivity contribution in [3.8, 4) is 11.5 Å². The van der Waals surface area contributed by atoms with E-state index in [-0.39, 0.29) is 0 Å². The van der Waals surface area contributed by atoms with Crippen LogP contribution in [0.25, 0.3) is 0 Å². The second kappa shape index (κ2) is 6.59. The van der Waals surface area contributed by atoms with Crippen molar-refractivity contribution in [2.75, 3.05) is 14.2 Å². The summed E-state index contributed by atoms with van der Waals surface area (Å²) in [6, 6.07) is 7.20. The molecule has 1 aromatic heterocycles. The summed E-state index contributed by atoms with van der Waals surface area (Å²) in [5.41, 5.74) is 1.50. The summed E-state index contributed by atoms with van der Waals surface area (Å²) >= 11 is 6.06. The van der Waals surface area contributed by atoms with Gasteiger partial charge < -0.3 is 14.6 Å². The van der Waals surface area contributed by atoms with Crippen LogP contribution < -0.4 is 9.47 Å². The summed E-state index contributed by atoms with van der Waals surface area (Å²) in [7, 11) is 3.11. The first-order valence-electron chi connectivity index (χ1n) is 6.14. The molecule has 0 spiro atoms. The highest BCUT2D eigenvalue weighted by atomic mass is 35.5. The third-order valence-corrected chi connectivity index (χ3v) is 3.40. The second-order valence-corrected chi connectivity index (χ2v) is 4.68. The van der Waals surface area contributed by atoms with Gasteiger partial charge in [-0.3, -0.25) is 4.98 Å². The Balaban J connectivity index is 2.30. The number of rotatable bonds is 5. The number of halogens is 1. The summed E-state index contributed by atoms with van der Waals surface area (Å²) < 4.78 is 10.6. The van der Waals surface area contributed by atoms with Gasteiger partial charge in [0.15, 0.2) is 11.5 Å². The minimum Gasteiger partial charge on any atom is -0.493 e. The minimum atomic E-state index is -0.736. The molecule has 0 saturated heterocycles. The zero-order chi connectivity index (χ0) is 14.5. The summed E-state index contributed by atoms with van der Waals surface area (Å²) in [5, 5.41) is 11.0. The number of aromatic nitrogens is 1. The number of nitrogens with zero attached hydrogens (tertiary/aromatic N) is 1. The normalized spacial score (nSPS) is 12.0. The first-order valence-corrected chi connectivity index (χ1v) is 6.52. The van der Waals surface area contributed by atoms with Gasteiger partial charge in [0.1, 0.15) is 0 Å². The van der Waals surface area contributed by atoms with Crippen LogP contribution in [0, 0.1) is 0 Å². The monoisotopic (exact) mass is 293 g/mol. The van der Waals surface area contributed by atoms with Crippen LogP contribution in [0.2, 0.25) is 5.02 Å². The van der Waals surface area contributed by atoms with Crippen molar-refractivity contribution in [3.05, 3.63) is 52.8 Å². The van der Waals surface area contributed by atoms with E-state index in [9.17, 15) is 5.11 Å². The summed E-state index contributed by atoms with van der Waals surface area (Å²) in [6.45, 7) is 0. The molecule has 1 unspecified atom stereocenters. The van der Waals surface area contributed by atoms with Crippen molar-refractivity contribution in [1.82, 2.24) is 4.98 Å². The lowest BCUT2D eigenvalue weighted by atomic mass is 10.0. The number of aliphatic hydroxyl groups is 1. The van der Waals surface area contributed by atoms with E-state index in [0.29, 0.717) is 28.5 Å². The molecule has 1 atom stereocenters. The Morgan fingerprint density at radius 2 is 2.05 bits per heavy atom. The highest BCUT2D eigenvalue weighted by Crippen LogP contribution is 2.36. The minimum absolute atomic E-state index is 0.380. The van der Waals surface area contributed by atoms with Crippen LogP contribution in [0.5, 0.6) is 11.5 Å². The van der Waals surface area contributed by atoms with Crippen molar-refractivity contribution >= 4 is 11.6 Å². The van der Waals surface area contributed by atoms with Crippen LogP contribution in [0.3, 0.4) is 0 Å². The third-order valence-electron chi connectivity index (χ3n) is 3.06. The molecule has 106 valence electrons. The van der Waals surface area contributed by atoms with Gasteiger partial charge in [-0.05, 0) is 17.7 Å². The molecule has 0 amide bonds. The molecular weight excluding hydrogens is 278 g/mol. The fourth-order valence-electron chi connectivity index (χ4n) is 2.06. The quantitative estimate of drug-likeness (QED) is 0.920. The third kappa shape index (κ3) is 3.03. The highest BCUT2D eigenvalue weighted by molar-refractivity contribution is 6.31. The predicted molar refractivity (Wildman–Crippen MR) is 77.5 cm³/mol. The molecule has 0 aliphatic rings. The number of aliphatic hydroxyl groups excluding tert-OH is 1. The van der Waals surface area contributed by atoms with Gasteiger partial charge in [-0.15, -0.1) is 0 Å². The molecular formula is C15H16ClNO3. The Bertz CT molecular complexity index is 589. The standard InChI is InChI=1S/C15H16ClNO3/c1-19-14-5-3-4-11(15(14)20-2)13(18)8-10-6-7-17-9-12(10)16/h3-7,9,13,18H,8H2,1-2H3. The first-order chi connectivity index (χ1) is 9.67. The van der Waals surface area contributed by atoms with Gasteiger partial charge in [0.25, 0.3) is 0 Å². The van der Waals surface area contributed by atoms with Crippen LogP contribution in [0.15, 0.2) is 36.7 Å². The van der Waals surface area contributed by atoms with Gasteiger partial charge >= 0.3 is 0 Å². The lowest BCUT2D eigenvalue weighted by molar-refractivity contribution is 0.173. The number of hydrogen-bond donors (Lipinski definition) is 1. The van der Waals surface area contributed by atoms with Gasteiger partial charge in [-0.1, -0.05) is 23.7 Å². The molecule has 1 N–H and O–H groups in total. The molecule has 5 heteroatoms. The van der Waals surface area contributed by atoms with Crippen LogP contribution in [0.4, 0.5) is 0 Å². The molecule has 1 aromatic carbocycles. The maximum atomic E-state index is 10.4. The number of hydrogen-bond acceptors (Lipinski definition) is 4. The van der Waals surface area contributed by atoms with E-state index in [4.69, 9.17) is 21.1 Å². The second-order valence-electron chi connectivity index (χ2n) is 4.27. The maximum absolute atomic E-state index is 10.4. The highest BCUT2D eigenvalue weighted by Gasteiger charge is 2.18. The van der Waals surface area contributed by atoms with Crippen LogP contribution >= 0.6 is 11.6 Å². The summed E-state index contributed by atoms with van der Waals surface area (Å²) in [6.07, 6.45) is 2.86. The van der Waals surface area contributed by atoms with E-state index >= 15 is 0 Å². The fraction of sp³-hybridized carbons (Fsp3) is 0.267. The van der Waals surface area contributed by atoms with E-state index < -0.39 is 6.10 Å². The Morgan fingerprint density at radius 1 is 1.25 bits per heavy atom. The van der Waals surface area contributed by atoms with Crippen LogP contribution in [-0.2, 0) is 6.42 Å². The SMILES string of the molecule is COc1cccc(C(O)Cc2ccncc2Cl)c1OC. The van der Waals surface area contributed by atoms with E-state index in [0.717, 1.165) is 5.56 Å². The smallest absolute Gasteiger partial charge is 0.166 e. The van der Waals surface area contributed by atoms with Crippen molar-refractivity contribution in [1.29, 1.82) is 0 Å². The molecule has 0 saturated carbocycles. The first kappa shape index (κ1) is 14.6. The van der Waals surface area contributed by atoms with Crippen molar-refractivity contribution in [2.24, 2.45) is 0 Å². The number of methoxy groups -OCH3 is 2. The molecule has 0 fully saturated rings. The molecule has 0 aliphatic carbocycles. The maximum Gasteiger partial charge on any atom is 0.166 e. The van der Waals surface area contributed by atoms with E-state index in [1.165, 1.54) is 0 Å². The lowest BCUT2D eigenvalue weighted by Crippen LogP contribution is -2.05. The average molecular weight is 294 g/mol. The zero-order valence-electron chi connectivity index (χ0n) is 11.3. The fourth-order valence-corrected chi connectivity index (χ4v) is 2.26. The summed E-state index contributed by atoms with van der Waals surface area (Å²) in [4.78, 5) is 3.93. The Kier molecular flexibility index (Phi) is 4.82. The molecule has 1 heterocycles. The van der Waals surface area contributed by atoms with Crippen molar-refractivity contribution < 1.29 is 14.6 Å². The molecule has 2 rings (SSSR count). The lowest BCUT2D eigenvalue weighted by Gasteiger charge is -2.17. The number of para-hydroxylation sites is 1. The summed E-state index contributed by atoms with van der Waals surface area (Å²) in [5.74, 6) is 1.12. The van der Waals surface area contributed by atoms with Crippen LogP contribution in [-0.4, -0.2) is 24.3 Å².